The minimum atomic E-state index is -0.641. The van der Waals surface area contributed by atoms with E-state index < -0.39 is 12.1 Å². The van der Waals surface area contributed by atoms with Crippen molar-refractivity contribution in [3.8, 4) is 5.75 Å². The molecule has 1 heterocycles. The van der Waals surface area contributed by atoms with Crippen LogP contribution in [0.5, 0.6) is 5.75 Å². The fourth-order valence-corrected chi connectivity index (χ4v) is 2.26. The first kappa shape index (κ1) is 14.6. The lowest BCUT2D eigenvalue weighted by molar-refractivity contribution is 0.0603. The van der Waals surface area contributed by atoms with Crippen molar-refractivity contribution >= 4 is 28.7 Å². The van der Waals surface area contributed by atoms with Crippen LogP contribution in [0, 0.1) is 0 Å². The highest BCUT2D eigenvalue weighted by Gasteiger charge is 2.14. The van der Waals surface area contributed by atoms with Crippen molar-refractivity contribution in [2.24, 2.45) is 0 Å². The van der Waals surface area contributed by atoms with E-state index in [1.165, 1.54) is 7.11 Å². The molecule has 2 N–H and O–H groups in total. The van der Waals surface area contributed by atoms with Crippen LogP contribution in [0.4, 0.5) is 10.5 Å². The van der Waals surface area contributed by atoms with Gasteiger partial charge in [-0.2, -0.15) is 0 Å². The molecule has 0 spiro atoms. The molecule has 1 aromatic heterocycles. The summed E-state index contributed by atoms with van der Waals surface area (Å²) >= 11 is 0. The van der Waals surface area contributed by atoms with Crippen molar-refractivity contribution in [2.75, 3.05) is 12.4 Å². The maximum atomic E-state index is 11.9. The first-order chi connectivity index (χ1) is 11.2. The van der Waals surface area contributed by atoms with E-state index in [1.54, 1.807) is 48.7 Å². The van der Waals surface area contributed by atoms with Crippen LogP contribution < -0.4 is 10.1 Å². The summed E-state index contributed by atoms with van der Waals surface area (Å²) in [6, 6.07) is 13.7. The molecule has 0 aliphatic rings. The van der Waals surface area contributed by atoms with Gasteiger partial charge >= 0.3 is 12.1 Å². The predicted octanol–water partition coefficient (Wildman–Crippen LogP) is 3.57. The summed E-state index contributed by atoms with van der Waals surface area (Å²) in [4.78, 5) is 26.8. The Kier molecular flexibility index (Phi) is 3.97. The zero-order valence-electron chi connectivity index (χ0n) is 12.3. The molecule has 0 saturated carbocycles. The van der Waals surface area contributed by atoms with Crippen molar-refractivity contribution in [1.29, 1.82) is 0 Å². The zero-order chi connectivity index (χ0) is 16.2. The second kappa shape index (κ2) is 6.23. The molecule has 0 fully saturated rings. The van der Waals surface area contributed by atoms with Crippen molar-refractivity contribution in [2.45, 2.75) is 0 Å². The second-order valence-electron chi connectivity index (χ2n) is 4.78. The Morgan fingerprint density at radius 3 is 2.61 bits per heavy atom. The number of benzene rings is 2. The molecule has 3 aromatic rings. The Hall–Kier alpha value is -3.28. The minimum Gasteiger partial charge on any atom is -0.465 e. The summed E-state index contributed by atoms with van der Waals surface area (Å²) in [7, 11) is 1.31. The molecule has 116 valence electrons. The standard InChI is InChI=1S/C17H14N2O4/c1-22-16(20)14-9-11(10-15-13(14)7-8-18-15)19-17(21)23-12-5-3-2-4-6-12/h2-10,18H,1H3,(H,19,21). The summed E-state index contributed by atoms with van der Waals surface area (Å²) in [6.07, 6.45) is 1.07. The summed E-state index contributed by atoms with van der Waals surface area (Å²) in [6.45, 7) is 0. The molecular weight excluding hydrogens is 296 g/mol. The number of nitrogens with one attached hydrogen (secondary N) is 2. The Bertz CT molecular complexity index is 855. The van der Waals surface area contributed by atoms with Gasteiger partial charge in [0.05, 0.1) is 12.7 Å². The molecule has 0 radical (unpaired) electrons. The number of methoxy groups -OCH3 is 1. The van der Waals surface area contributed by atoms with Crippen molar-refractivity contribution in [3.63, 3.8) is 0 Å². The summed E-state index contributed by atoms with van der Waals surface area (Å²) in [5.74, 6) is -0.0474. The number of aromatic amines is 1. The van der Waals surface area contributed by atoms with Gasteiger partial charge in [0, 0.05) is 22.8 Å². The highest BCUT2D eigenvalue weighted by molar-refractivity contribution is 6.06. The average molecular weight is 310 g/mol. The van der Waals surface area contributed by atoms with E-state index in [-0.39, 0.29) is 0 Å². The number of rotatable bonds is 3. The summed E-state index contributed by atoms with van der Waals surface area (Å²) in [5.41, 5.74) is 1.51. The lowest BCUT2D eigenvalue weighted by Gasteiger charge is -2.09. The second-order valence-corrected chi connectivity index (χ2v) is 4.78. The number of carbonyl (C=O) groups excluding carboxylic acids is 2. The largest absolute Gasteiger partial charge is 0.465 e. The maximum absolute atomic E-state index is 11.9. The lowest BCUT2D eigenvalue weighted by atomic mass is 10.1. The topological polar surface area (TPSA) is 80.4 Å². The van der Waals surface area contributed by atoms with E-state index >= 15 is 0 Å². The van der Waals surface area contributed by atoms with Gasteiger partial charge in [0.15, 0.2) is 0 Å². The molecule has 6 nitrogen and oxygen atoms in total. The van der Waals surface area contributed by atoms with Crippen LogP contribution >= 0.6 is 0 Å². The fourth-order valence-electron chi connectivity index (χ4n) is 2.26. The predicted molar refractivity (Wildman–Crippen MR) is 85.7 cm³/mol. The Labute approximate surface area is 132 Å². The quantitative estimate of drug-likeness (QED) is 0.725. The van der Waals surface area contributed by atoms with Crippen LogP contribution in [0.1, 0.15) is 10.4 Å². The molecule has 1 amide bonds. The number of fused-ring (bicyclic) bond motifs is 1. The van der Waals surface area contributed by atoms with Crippen LogP contribution in [0.3, 0.4) is 0 Å². The molecular formula is C17H14N2O4. The van der Waals surface area contributed by atoms with Crippen molar-refractivity contribution < 1.29 is 19.1 Å². The molecule has 6 heteroatoms. The molecule has 23 heavy (non-hydrogen) atoms. The molecule has 0 atom stereocenters. The molecule has 0 bridgehead atoms. The third-order valence-corrected chi connectivity index (χ3v) is 3.27. The van der Waals surface area contributed by atoms with Gasteiger partial charge in [-0.15, -0.1) is 0 Å². The van der Waals surface area contributed by atoms with Crippen LogP contribution in [0.25, 0.3) is 10.9 Å². The average Bonchev–Trinajstić information content (AvgIpc) is 3.02. The third kappa shape index (κ3) is 3.16. The number of ether oxygens (including phenoxy) is 2. The first-order valence-electron chi connectivity index (χ1n) is 6.90. The number of anilines is 1. The monoisotopic (exact) mass is 310 g/mol. The molecule has 0 aliphatic carbocycles. The van der Waals surface area contributed by atoms with Gasteiger partial charge in [-0.3, -0.25) is 5.32 Å². The normalized spacial score (nSPS) is 10.3. The van der Waals surface area contributed by atoms with Gasteiger partial charge in [0.25, 0.3) is 0 Å². The van der Waals surface area contributed by atoms with Gasteiger partial charge in [0.1, 0.15) is 5.75 Å². The van der Waals surface area contributed by atoms with Gasteiger partial charge < -0.3 is 14.5 Å². The number of esters is 1. The van der Waals surface area contributed by atoms with Crippen LogP contribution in [-0.2, 0) is 4.74 Å². The van der Waals surface area contributed by atoms with Gasteiger partial charge in [-0.1, -0.05) is 18.2 Å². The highest BCUT2D eigenvalue weighted by Crippen LogP contribution is 2.24. The summed E-state index contributed by atoms with van der Waals surface area (Å²) < 4.78 is 9.93. The van der Waals surface area contributed by atoms with E-state index in [0.717, 1.165) is 5.39 Å². The highest BCUT2D eigenvalue weighted by atomic mass is 16.6. The zero-order valence-corrected chi connectivity index (χ0v) is 12.3. The van der Waals surface area contributed by atoms with E-state index in [0.29, 0.717) is 22.5 Å². The third-order valence-electron chi connectivity index (χ3n) is 3.27. The number of amides is 1. The Balaban J connectivity index is 1.85. The number of aromatic nitrogens is 1. The molecule has 3 rings (SSSR count). The Morgan fingerprint density at radius 1 is 1.09 bits per heavy atom. The van der Waals surface area contributed by atoms with Crippen LogP contribution in [-0.4, -0.2) is 24.2 Å². The van der Waals surface area contributed by atoms with E-state index in [9.17, 15) is 9.59 Å². The summed E-state index contributed by atoms with van der Waals surface area (Å²) in [5, 5.41) is 3.32. The maximum Gasteiger partial charge on any atom is 0.417 e. The molecule has 2 aromatic carbocycles. The van der Waals surface area contributed by atoms with Gasteiger partial charge in [-0.05, 0) is 30.3 Å². The number of hydrogen-bond donors (Lipinski definition) is 2. The van der Waals surface area contributed by atoms with Crippen LogP contribution in [0.15, 0.2) is 54.7 Å². The SMILES string of the molecule is COC(=O)c1cc(NC(=O)Oc2ccccc2)cc2[nH]ccc12. The van der Waals surface area contributed by atoms with E-state index in [2.05, 4.69) is 10.3 Å². The fraction of sp³-hybridized carbons (Fsp3) is 0.0588. The van der Waals surface area contributed by atoms with Crippen molar-refractivity contribution in [3.05, 3.63) is 60.3 Å². The van der Waals surface area contributed by atoms with Crippen molar-refractivity contribution in [1.82, 2.24) is 4.98 Å². The number of para-hydroxylation sites is 1. The number of hydrogen-bond acceptors (Lipinski definition) is 4. The molecule has 0 unspecified atom stereocenters. The smallest absolute Gasteiger partial charge is 0.417 e. The van der Waals surface area contributed by atoms with Gasteiger partial charge in [-0.25, -0.2) is 9.59 Å². The molecule has 0 aliphatic heterocycles. The molecule has 0 saturated heterocycles. The number of carbonyl (C=O) groups is 2. The Morgan fingerprint density at radius 2 is 1.87 bits per heavy atom. The lowest BCUT2D eigenvalue weighted by Crippen LogP contribution is -2.17. The first-order valence-corrected chi connectivity index (χ1v) is 6.90. The minimum absolute atomic E-state index is 0.362. The van der Waals surface area contributed by atoms with E-state index in [4.69, 9.17) is 9.47 Å². The van der Waals surface area contributed by atoms with Crippen LogP contribution in [0.2, 0.25) is 0 Å². The number of H-pyrrole nitrogens is 1. The van der Waals surface area contributed by atoms with Gasteiger partial charge in [0.2, 0.25) is 0 Å². The van der Waals surface area contributed by atoms with E-state index in [1.807, 2.05) is 6.07 Å².